The molecule has 3 heterocycles. The molecule has 0 unspecified atom stereocenters. The Labute approximate surface area is 145 Å². The van der Waals surface area contributed by atoms with Gasteiger partial charge < -0.3 is 15.5 Å². The van der Waals surface area contributed by atoms with Crippen molar-refractivity contribution in [2.45, 2.75) is 26.7 Å². The summed E-state index contributed by atoms with van der Waals surface area (Å²) in [5.74, 6) is 2.46. The van der Waals surface area contributed by atoms with Crippen LogP contribution in [-0.4, -0.2) is 47.0 Å². The van der Waals surface area contributed by atoms with Gasteiger partial charge in [-0.2, -0.15) is 0 Å². The highest BCUT2D eigenvalue weighted by atomic mass is 32.1. The Balaban J connectivity index is 1.51. The fourth-order valence-corrected chi connectivity index (χ4v) is 3.44. The molecule has 0 atom stereocenters. The molecule has 1 fully saturated rings. The number of thiazole rings is 1. The Morgan fingerprint density at radius 3 is 2.75 bits per heavy atom. The first-order valence-corrected chi connectivity index (χ1v) is 9.04. The number of carbonyl (C=O) groups excluding carboxylic acids is 1. The lowest BCUT2D eigenvalue weighted by molar-refractivity contribution is 0.0958. The van der Waals surface area contributed by atoms with Gasteiger partial charge in [0.05, 0.1) is 11.2 Å². The Kier molecular flexibility index (Phi) is 5.24. The van der Waals surface area contributed by atoms with E-state index >= 15 is 0 Å². The van der Waals surface area contributed by atoms with E-state index in [9.17, 15) is 4.79 Å². The number of carbonyl (C=O) groups is 1. The van der Waals surface area contributed by atoms with Crippen LogP contribution in [0, 0.1) is 13.8 Å². The van der Waals surface area contributed by atoms with E-state index in [0.29, 0.717) is 18.0 Å². The van der Waals surface area contributed by atoms with Crippen LogP contribution in [0.5, 0.6) is 0 Å². The first-order chi connectivity index (χ1) is 11.6. The lowest BCUT2D eigenvalue weighted by atomic mass is 10.4. The van der Waals surface area contributed by atoms with Gasteiger partial charge in [-0.3, -0.25) is 4.79 Å². The summed E-state index contributed by atoms with van der Waals surface area (Å²) in [6.45, 7) is 6.99. The zero-order chi connectivity index (χ0) is 16.9. The number of hydrogen-bond acceptors (Lipinski definition) is 7. The van der Waals surface area contributed by atoms with Crippen molar-refractivity contribution in [3.8, 4) is 0 Å². The Morgan fingerprint density at radius 2 is 2.04 bits per heavy atom. The van der Waals surface area contributed by atoms with Crippen molar-refractivity contribution in [2.24, 2.45) is 0 Å². The first-order valence-electron chi connectivity index (χ1n) is 8.16. The van der Waals surface area contributed by atoms with E-state index < -0.39 is 0 Å². The largest absolute Gasteiger partial charge is 0.368 e. The molecular weight excluding hydrogens is 324 g/mol. The minimum Gasteiger partial charge on any atom is -0.368 e. The topological polar surface area (TPSA) is 83.0 Å². The van der Waals surface area contributed by atoms with Crippen LogP contribution in [0.25, 0.3) is 0 Å². The number of aromatic nitrogens is 3. The van der Waals surface area contributed by atoms with Crippen molar-refractivity contribution in [3.63, 3.8) is 0 Å². The van der Waals surface area contributed by atoms with Gasteiger partial charge in [-0.1, -0.05) is 0 Å². The third kappa shape index (κ3) is 4.00. The molecular formula is C16H22N6OS. The third-order valence-electron chi connectivity index (χ3n) is 3.92. The van der Waals surface area contributed by atoms with Crippen LogP contribution in [0.3, 0.4) is 0 Å². The Hall–Kier alpha value is -2.22. The maximum Gasteiger partial charge on any atom is 0.263 e. The molecule has 24 heavy (non-hydrogen) atoms. The quantitative estimate of drug-likeness (QED) is 0.779. The molecule has 0 bridgehead atoms. The maximum atomic E-state index is 12.0. The number of rotatable bonds is 6. The second kappa shape index (κ2) is 7.57. The van der Waals surface area contributed by atoms with Crippen molar-refractivity contribution in [1.29, 1.82) is 0 Å². The summed E-state index contributed by atoms with van der Waals surface area (Å²) in [5, 5.41) is 6.16. The second-order valence-electron chi connectivity index (χ2n) is 5.80. The van der Waals surface area contributed by atoms with Crippen LogP contribution < -0.4 is 15.5 Å². The first kappa shape index (κ1) is 16.6. The average molecular weight is 346 g/mol. The van der Waals surface area contributed by atoms with Gasteiger partial charge in [0.15, 0.2) is 0 Å². The van der Waals surface area contributed by atoms with Crippen molar-refractivity contribution in [2.75, 3.05) is 36.4 Å². The van der Waals surface area contributed by atoms with Crippen molar-refractivity contribution >= 4 is 28.9 Å². The number of hydrogen-bond donors (Lipinski definition) is 2. The van der Waals surface area contributed by atoms with Crippen LogP contribution in [0.1, 0.15) is 34.0 Å². The highest BCUT2D eigenvalue weighted by Gasteiger charge is 2.15. The monoisotopic (exact) mass is 346 g/mol. The number of nitrogens with zero attached hydrogens (tertiary/aromatic N) is 4. The van der Waals surface area contributed by atoms with Gasteiger partial charge in [0.1, 0.15) is 22.3 Å². The van der Waals surface area contributed by atoms with E-state index in [1.807, 2.05) is 19.9 Å². The molecule has 2 N–H and O–H groups in total. The van der Waals surface area contributed by atoms with Crippen LogP contribution >= 0.6 is 11.3 Å². The van der Waals surface area contributed by atoms with E-state index in [1.165, 1.54) is 24.2 Å². The van der Waals surface area contributed by atoms with Gasteiger partial charge >= 0.3 is 0 Å². The molecule has 1 saturated heterocycles. The van der Waals surface area contributed by atoms with Crippen LogP contribution in [-0.2, 0) is 0 Å². The SMILES string of the molecule is Cc1nc(NCCNC(=O)c2scnc2C)cc(N2CCCC2)n1. The van der Waals surface area contributed by atoms with Crippen LogP contribution in [0.4, 0.5) is 11.6 Å². The molecule has 1 aliphatic heterocycles. The minimum absolute atomic E-state index is 0.0755. The summed E-state index contributed by atoms with van der Waals surface area (Å²) in [7, 11) is 0. The van der Waals surface area contributed by atoms with Gasteiger partial charge in [0.25, 0.3) is 5.91 Å². The van der Waals surface area contributed by atoms with Gasteiger partial charge in [0.2, 0.25) is 0 Å². The van der Waals surface area contributed by atoms with Crippen molar-refractivity contribution < 1.29 is 4.79 Å². The molecule has 0 saturated carbocycles. The summed E-state index contributed by atoms with van der Waals surface area (Å²) < 4.78 is 0. The molecule has 8 heteroatoms. The van der Waals surface area contributed by atoms with Crippen molar-refractivity contribution in [1.82, 2.24) is 20.3 Å². The van der Waals surface area contributed by atoms with Gasteiger partial charge in [0, 0.05) is 32.2 Å². The molecule has 1 amide bonds. The standard InChI is InChI=1S/C16H22N6OS/c1-11-15(24-10-19-11)16(23)18-6-5-17-13-9-14(21-12(2)20-13)22-7-3-4-8-22/h9-10H,3-8H2,1-2H3,(H,18,23)(H,17,20,21). The average Bonchev–Trinajstić information content (AvgIpc) is 3.22. The molecule has 0 aromatic carbocycles. The summed E-state index contributed by atoms with van der Waals surface area (Å²) in [6, 6.07) is 1.98. The summed E-state index contributed by atoms with van der Waals surface area (Å²) in [5.41, 5.74) is 2.46. The maximum absolute atomic E-state index is 12.0. The highest BCUT2D eigenvalue weighted by molar-refractivity contribution is 7.11. The van der Waals surface area contributed by atoms with E-state index in [1.54, 1.807) is 5.51 Å². The Bertz CT molecular complexity index is 710. The third-order valence-corrected chi connectivity index (χ3v) is 4.85. The molecule has 0 aliphatic carbocycles. The van der Waals surface area contributed by atoms with E-state index in [-0.39, 0.29) is 5.91 Å². The summed E-state index contributed by atoms with van der Waals surface area (Å²) in [6.07, 6.45) is 2.43. The molecule has 7 nitrogen and oxygen atoms in total. The van der Waals surface area contributed by atoms with Gasteiger partial charge in [-0.15, -0.1) is 11.3 Å². The molecule has 0 radical (unpaired) electrons. The molecule has 0 spiro atoms. The lowest BCUT2D eigenvalue weighted by Gasteiger charge is -2.17. The summed E-state index contributed by atoms with van der Waals surface area (Å²) >= 11 is 1.36. The molecule has 2 aromatic rings. The normalized spacial score (nSPS) is 14.0. The lowest BCUT2D eigenvalue weighted by Crippen LogP contribution is -2.29. The Morgan fingerprint density at radius 1 is 1.25 bits per heavy atom. The number of amides is 1. The van der Waals surface area contributed by atoms with E-state index in [4.69, 9.17) is 0 Å². The zero-order valence-corrected chi connectivity index (χ0v) is 14.8. The van der Waals surface area contributed by atoms with E-state index in [2.05, 4.69) is 30.5 Å². The highest BCUT2D eigenvalue weighted by Crippen LogP contribution is 2.20. The number of aryl methyl sites for hydroxylation is 2. The fraction of sp³-hybridized carbons (Fsp3) is 0.500. The molecule has 1 aliphatic rings. The molecule has 128 valence electrons. The van der Waals surface area contributed by atoms with Crippen molar-refractivity contribution in [3.05, 3.63) is 28.0 Å². The van der Waals surface area contributed by atoms with Gasteiger partial charge in [-0.05, 0) is 26.7 Å². The zero-order valence-electron chi connectivity index (χ0n) is 14.0. The predicted molar refractivity (Wildman–Crippen MR) is 95.9 cm³/mol. The van der Waals surface area contributed by atoms with Crippen LogP contribution in [0.2, 0.25) is 0 Å². The van der Waals surface area contributed by atoms with Gasteiger partial charge in [-0.25, -0.2) is 15.0 Å². The van der Waals surface area contributed by atoms with E-state index in [0.717, 1.165) is 36.2 Å². The smallest absolute Gasteiger partial charge is 0.263 e. The summed E-state index contributed by atoms with van der Waals surface area (Å²) in [4.78, 5) is 28.0. The van der Waals surface area contributed by atoms with Crippen LogP contribution in [0.15, 0.2) is 11.6 Å². The minimum atomic E-state index is -0.0755. The number of anilines is 2. The predicted octanol–water partition coefficient (Wildman–Crippen LogP) is 1.99. The molecule has 2 aromatic heterocycles. The fourth-order valence-electron chi connectivity index (χ4n) is 2.72. The second-order valence-corrected chi connectivity index (χ2v) is 6.66. The number of nitrogens with one attached hydrogen (secondary N) is 2. The molecule has 3 rings (SSSR count).